The van der Waals surface area contributed by atoms with E-state index in [2.05, 4.69) is 52.8 Å². The highest BCUT2D eigenvalue weighted by molar-refractivity contribution is 5.96. The zero-order valence-corrected chi connectivity index (χ0v) is 23.7. The molecule has 8 nitrogen and oxygen atoms in total. The number of likely N-dealkylation sites (N-methyl/N-ethyl adjacent to an activating group) is 2. The van der Waals surface area contributed by atoms with Crippen LogP contribution < -0.4 is 4.90 Å². The van der Waals surface area contributed by atoms with Gasteiger partial charge in [0, 0.05) is 68.3 Å². The number of carbonyl (C=O) groups excluding carboxylic acids is 1. The number of nitrogens with zero attached hydrogens (tertiary/aromatic N) is 5. The number of carbonyl (C=O) groups is 1. The lowest BCUT2D eigenvalue weighted by Crippen LogP contribution is -2.45. The smallest absolute Gasteiger partial charge is 0.253 e. The Bertz CT molecular complexity index is 1470. The summed E-state index contributed by atoms with van der Waals surface area (Å²) < 4.78 is 0. The quantitative estimate of drug-likeness (QED) is 0.385. The second-order valence-corrected chi connectivity index (χ2v) is 11.5. The van der Waals surface area contributed by atoms with Gasteiger partial charge >= 0.3 is 0 Å². The average molecular weight is 527 g/mol. The van der Waals surface area contributed by atoms with Crippen LogP contribution in [0.15, 0.2) is 48.8 Å². The molecule has 0 bridgehead atoms. The molecule has 1 amide bonds. The number of anilines is 1. The van der Waals surface area contributed by atoms with Gasteiger partial charge in [0.1, 0.15) is 5.52 Å². The second kappa shape index (κ2) is 10.4. The maximum Gasteiger partial charge on any atom is 0.253 e. The van der Waals surface area contributed by atoms with Crippen molar-refractivity contribution >= 4 is 22.8 Å². The van der Waals surface area contributed by atoms with Gasteiger partial charge < -0.3 is 24.8 Å². The van der Waals surface area contributed by atoms with Crippen LogP contribution in [-0.4, -0.2) is 88.2 Å². The molecule has 2 aromatic carbocycles. The van der Waals surface area contributed by atoms with Gasteiger partial charge in [-0.1, -0.05) is 12.1 Å². The molecule has 5 rings (SSSR count). The first-order chi connectivity index (χ1) is 18.5. The zero-order chi connectivity index (χ0) is 27.9. The number of aromatic nitrogens is 3. The molecular formula is C31H38N6O2. The Morgan fingerprint density at radius 2 is 1.69 bits per heavy atom. The van der Waals surface area contributed by atoms with E-state index in [1.165, 1.54) is 21.7 Å². The lowest BCUT2D eigenvalue weighted by atomic mass is 10.0. The zero-order valence-electron chi connectivity index (χ0n) is 23.7. The van der Waals surface area contributed by atoms with Crippen molar-refractivity contribution < 1.29 is 9.90 Å². The first kappa shape index (κ1) is 26.8. The number of hydrogen-bond donors (Lipinski definition) is 2. The fourth-order valence-corrected chi connectivity index (χ4v) is 5.55. The lowest BCUT2D eigenvalue weighted by Gasteiger charge is -2.36. The van der Waals surface area contributed by atoms with Crippen molar-refractivity contribution in [3.05, 3.63) is 65.5 Å². The molecule has 0 unspecified atom stereocenters. The van der Waals surface area contributed by atoms with Gasteiger partial charge in [0.25, 0.3) is 5.91 Å². The van der Waals surface area contributed by atoms with Crippen LogP contribution >= 0.6 is 0 Å². The molecule has 0 atom stereocenters. The van der Waals surface area contributed by atoms with Crippen LogP contribution in [0.4, 0.5) is 5.69 Å². The number of rotatable bonds is 6. The summed E-state index contributed by atoms with van der Waals surface area (Å²) in [5.74, 6) is -0.129. The molecule has 4 aromatic rings. The van der Waals surface area contributed by atoms with Crippen molar-refractivity contribution in [2.75, 3.05) is 51.7 Å². The van der Waals surface area contributed by atoms with Crippen molar-refractivity contribution in [3.8, 4) is 22.4 Å². The van der Waals surface area contributed by atoms with E-state index < -0.39 is 5.60 Å². The largest absolute Gasteiger partial charge is 0.389 e. The Morgan fingerprint density at radius 3 is 2.31 bits per heavy atom. The molecule has 204 valence electrons. The van der Waals surface area contributed by atoms with Crippen LogP contribution in [0.5, 0.6) is 0 Å². The van der Waals surface area contributed by atoms with Crippen molar-refractivity contribution in [3.63, 3.8) is 0 Å². The third kappa shape index (κ3) is 5.67. The van der Waals surface area contributed by atoms with Gasteiger partial charge in [-0.3, -0.25) is 4.79 Å². The third-order valence-electron chi connectivity index (χ3n) is 7.40. The fourth-order valence-electron chi connectivity index (χ4n) is 5.55. The van der Waals surface area contributed by atoms with E-state index in [0.29, 0.717) is 5.56 Å². The highest BCUT2D eigenvalue weighted by Gasteiger charge is 2.21. The number of amides is 1. The molecule has 8 heteroatoms. The van der Waals surface area contributed by atoms with E-state index in [0.717, 1.165) is 59.7 Å². The lowest BCUT2D eigenvalue weighted by molar-refractivity contribution is 0.0368. The Hall–Kier alpha value is -3.75. The van der Waals surface area contributed by atoms with E-state index in [1.54, 1.807) is 20.9 Å². The van der Waals surface area contributed by atoms with Gasteiger partial charge in [-0.2, -0.15) is 0 Å². The van der Waals surface area contributed by atoms with E-state index in [1.807, 2.05) is 36.7 Å². The van der Waals surface area contributed by atoms with Crippen molar-refractivity contribution in [2.45, 2.75) is 33.3 Å². The van der Waals surface area contributed by atoms with Crippen molar-refractivity contribution in [1.29, 1.82) is 0 Å². The van der Waals surface area contributed by atoms with Gasteiger partial charge in [0.15, 0.2) is 5.65 Å². The predicted molar refractivity (Wildman–Crippen MR) is 157 cm³/mol. The molecule has 3 heterocycles. The number of aryl methyl sites for hydroxylation is 2. The van der Waals surface area contributed by atoms with Crippen LogP contribution in [-0.2, 0) is 0 Å². The number of fused-ring (bicyclic) bond motifs is 1. The molecule has 0 radical (unpaired) electrons. The Kier molecular flexibility index (Phi) is 7.18. The van der Waals surface area contributed by atoms with Crippen LogP contribution in [0.3, 0.4) is 0 Å². The minimum atomic E-state index is -0.952. The van der Waals surface area contributed by atoms with E-state index >= 15 is 0 Å². The molecular weight excluding hydrogens is 488 g/mol. The second-order valence-electron chi connectivity index (χ2n) is 11.5. The standard InChI is InChI=1S/C31H38N6O2/c1-20-15-24(16-21(2)28(20)37-13-11-35(5)12-14-37)26-18-33-29-27(34-26)25(17-32-29)22-7-9-23(10-8-22)30(38)36(6)19-31(3,4)39/h7-10,15-18,39H,11-14,19H2,1-6H3,(H,32,33). The predicted octanol–water partition coefficient (Wildman–Crippen LogP) is 4.50. The third-order valence-corrected chi connectivity index (χ3v) is 7.40. The number of H-pyrrole nitrogens is 1. The Labute approximate surface area is 230 Å². The molecule has 0 aliphatic carbocycles. The van der Waals surface area contributed by atoms with Crippen LogP contribution in [0.25, 0.3) is 33.5 Å². The highest BCUT2D eigenvalue weighted by Crippen LogP contribution is 2.33. The van der Waals surface area contributed by atoms with E-state index in [4.69, 9.17) is 4.98 Å². The molecule has 1 fully saturated rings. The summed E-state index contributed by atoms with van der Waals surface area (Å²) in [6.45, 7) is 12.2. The van der Waals surface area contributed by atoms with Crippen molar-refractivity contribution in [2.24, 2.45) is 0 Å². The van der Waals surface area contributed by atoms with Crippen molar-refractivity contribution in [1.82, 2.24) is 24.8 Å². The summed E-state index contributed by atoms with van der Waals surface area (Å²) in [4.78, 5) is 32.1. The average Bonchev–Trinajstić information content (AvgIpc) is 3.31. The number of aromatic amines is 1. The summed E-state index contributed by atoms with van der Waals surface area (Å²) in [5, 5.41) is 10.1. The SMILES string of the molecule is Cc1cc(-c2cnc3[nH]cc(-c4ccc(C(=O)N(C)CC(C)(C)O)cc4)c3n2)cc(C)c1N1CCN(C)CC1. The summed E-state index contributed by atoms with van der Waals surface area (Å²) >= 11 is 0. The molecule has 1 aliphatic rings. The van der Waals surface area contributed by atoms with Gasteiger partial charge in [-0.05, 0) is 75.7 Å². The normalized spacial score (nSPS) is 14.7. The van der Waals surface area contributed by atoms with Gasteiger partial charge in [-0.15, -0.1) is 0 Å². The summed E-state index contributed by atoms with van der Waals surface area (Å²) in [7, 11) is 3.88. The van der Waals surface area contributed by atoms with E-state index in [9.17, 15) is 9.90 Å². The highest BCUT2D eigenvalue weighted by atomic mass is 16.3. The number of hydrogen-bond acceptors (Lipinski definition) is 6. The Balaban J connectivity index is 1.42. The van der Waals surface area contributed by atoms with Crippen LogP contribution in [0, 0.1) is 13.8 Å². The topological polar surface area (TPSA) is 88.6 Å². The molecule has 2 aromatic heterocycles. The molecule has 1 saturated heterocycles. The van der Waals surface area contributed by atoms with Gasteiger partial charge in [-0.25, -0.2) is 9.97 Å². The molecule has 39 heavy (non-hydrogen) atoms. The summed E-state index contributed by atoms with van der Waals surface area (Å²) in [5.41, 5.74) is 8.74. The van der Waals surface area contributed by atoms with Crippen LogP contribution in [0.2, 0.25) is 0 Å². The fraction of sp³-hybridized carbons (Fsp3) is 0.387. The number of nitrogens with one attached hydrogen (secondary N) is 1. The summed E-state index contributed by atoms with van der Waals surface area (Å²) in [6.07, 6.45) is 3.74. The van der Waals surface area contributed by atoms with Gasteiger partial charge in [0.2, 0.25) is 0 Å². The van der Waals surface area contributed by atoms with E-state index in [-0.39, 0.29) is 12.5 Å². The first-order valence-corrected chi connectivity index (χ1v) is 13.5. The first-order valence-electron chi connectivity index (χ1n) is 13.5. The molecule has 1 aliphatic heterocycles. The molecule has 0 spiro atoms. The number of aliphatic hydroxyl groups is 1. The minimum absolute atomic E-state index is 0.129. The Morgan fingerprint density at radius 1 is 1.05 bits per heavy atom. The molecule has 2 N–H and O–H groups in total. The van der Waals surface area contributed by atoms with Gasteiger partial charge in [0.05, 0.1) is 17.5 Å². The maximum absolute atomic E-state index is 12.8. The number of benzene rings is 2. The number of piperazine rings is 1. The maximum atomic E-state index is 12.8. The van der Waals surface area contributed by atoms with Crippen LogP contribution in [0.1, 0.15) is 35.3 Å². The summed E-state index contributed by atoms with van der Waals surface area (Å²) in [6, 6.07) is 11.9. The monoisotopic (exact) mass is 526 g/mol. The minimum Gasteiger partial charge on any atom is -0.389 e. The molecule has 0 saturated carbocycles.